The van der Waals surface area contributed by atoms with Crippen LogP contribution in [0, 0.1) is 11.6 Å². The number of aromatic nitrogens is 3. The van der Waals surface area contributed by atoms with Gasteiger partial charge in [-0.05, 0) is 42.5 Å². The van der Waals surface area contributed by atoms with Crippen molar-refractivity contribution >= 4 is 34.2 Å². The van der Waals surface area contributed by atoms with Crippen molar-refractivity contribution in [3.8, 4) is 11.4 Å². The smallest absolute Gasteiger partial charge is 0.266 e. The molecule has 29 heavy (non-hydrogen) atoms. The minimum Gasteiger partial charge on any atom is -0.506 e. The van der Waals surface area contributed by atoms with Crippen molar-refractivity contribution in [2.75, 3.05) is 5.32 Å². The van der Waals surface area contributed by atoms with Gasteiger partial charge in [0.15, 0.2) is 0 Å². The summed E-state index contributed by atoms with van der Waals surface area (Å²) < 4.78 is 27.6. The van der Waals surface area contributed by atoms with Gasteiger partial charge in [-0.25, -0.2) is 13.5 Å². The van der Waals surface area contributed by atoms with Gasteiger partial charge in [0.05, 0.1) is 28.0 Å². The van der Waals surface area contributed by atoms with Crippen molar-refractivity contribution in [1.29, 1.82) is 0 Å². The third kappa shape index (κ3) is 3.32. The van der Waals surface area contributed by atoms with E-state index < -0.39 is 34.4 Å². The van der Waals surface area contributed by atoms with E-state index in [1.807, 2.05) is 0 Å². The summed E-state index contributed by atoms with van der Waals surface area (Å²) in [5, 5.41) is 17.0. The van der Waals surface area contributed by atoms with Gasteiger partial charge in [-0.3, -0.25) is 9.59 Å². The van der Waals surface area contributed by atoms with Gasteiger partial charge in [0.1, 0.15) is 28.6 Å². The molecule has 146 valence electrons. The second-order valence-electron chi connectivity index (χ2n) is 6.05. The third-order valence-electron chi connectivity index (χ3n) is 4.20. The number of amides is 1. The zero-order valence-corrected chi connectivity index (χ0v) is 15.2. The summed E-state index contributed by atoms with van der Waals surface area (Å²) in [4.78, 5) is 27.5. The molecule has 4 rings (SSSR count). The van der Waals surface area contributed by atoms with Crippen LogP contribution in [0.1, 0.15) is 10.4 Å². The summed E-state index contributed by atoms with van der Waals surface area (Å²) in [6.45, 7) is 0. The number of anilines is 1. The Balaban J connectivity index is 1.77. The number of aromatic hydroxyl groups is 1. The van der Waals surface area contributed by atoms with Gasteiger partial charge in [0, 0.05) is 0 Å². The van der Waals surface area contributed by atoms with Crippen molar-refractivity contribution in [3.63, 3.8) is 0 Å². The SMILES string of the molecule is O=C(Nc1ccc(F)cc1Cl)c1c(O)c2cnn(-c3ccc(F)cc3)c2[nH]c1=O. The first kappa shape index (κ1) is 18.6. The van der Waals surface area contributed by atoms with Crippen molar-refractivity contribution in [3.05, 3.63) is 81.2 Å². The standard InChI is InChI=1S/C19H11ClF2N4O3/c20-13-7-10(22)3-6-14(13)24-18(28)15-16(27)12-8-23-26(17(12)25-19(15)29)11-4-1-9(21)2-5-11/h1-8H,(H,24,28)(H2,25,27,29). The summed E-state index contributed by atoms with van der Waals surface area (Å²) in [5.74, 6) is -2.56. The van der Waals surface area contributed by atoms with Crippen LogP contribution < -0.4 is 10.9 Å². The molecule has 10 heteroatoms. The lowest BCUT2D eigenvalue weighted by atomic mass is 10.2. The van der Waals surface area contributed by atoms with E-state index in [1.54, 1.807) is 0 Å². The van der Waals surface area contributed by atoms with Crippen LogP contribution in [0.5, 0.6) is 5.75 Å². The second kappa shape index (κ2) is 7.02. The average molecular weight is 417 g/mol. The summed E-state index contributed by atoms with van der Waals surface area (Å²) in [6, 6.07) is 8.62. The zero-order chi connectivity index (χ0) is 20.7. The van der Waals surface area contributed by atoms with E-state index in [-0.39, 0.29) is 21.7 Å². The monoisotopic (exact) mass is 416 g/mol. The Kier molecular flexibility index (Phi) is 4.51. The number of halogens is 3. The molecule has 0 aliphatic rings. The summed E-state index contributed by atoms with van der Waals surface area (Å²) in [7, 11) is 0. The summed E-state index contributed by atoms with van der Waals surface area (Å²) >= 11 is 5.87. The van der Waals surface area contributed by atoms with Crippen LogP contribution in [0.2, 0.25) is 5.02 Å². The maximum atomic E-state index is 13.2. The van der Waals surface area contributed by atoms with Gasteiger partial charge >= 0.3 is 0 Å². The van der Waals surface area contributed by atoms with Crippen molar-refractivity contribution in [1.82, 2.24) is 14.8 Å². The largest absolute Gasteiger partial charge is 0.506 e. The van der Waals surface area contributed by atoms with Crippen LogP contribution in [0.3, 0.4) is 0 Å². The molecule has 2 aromatic carbocycles. The van der Waals surface area contributed by atoms with Gasteiger partial charge in [-0.15, -0.1) is 0 Å². The highest BCUT2D eigenvalue weighted by molar-refractivity contribution is 6.34. The minimum absolute atomic E-state index is 0.0685. The molecule has 0 atom stereocenters. The van der Waals surface area contributed by atoms with E-state index >= 15 is 0 Å². The Hall–Kier alpha value is -3.72. The highest BCUT2D eigenvalue weighted by atomic mass is 35.5. The summed E-state index contributed by atoms with van der Waals surface area (Å²) in [6.07, 6.45) is 1.26. The molecular formula is C19H11ClF2N4O3. The Bertz CT molecular complexity index is 1320. The van der Waals surface area contributed by atoms with Crippen molar-refractivity contribution in [2.45, 2.75) is 0 Å². The Morgan fingerprint density at radius 3 is 2.52 bits per heavy atom. The molecule has 0 saturated heterocycles. The molecule has 4 aromatic rings. The fraction of sp³-hybridized carbons (Fsp3) is 0. The number of carbonyl (C=O) groups excluding carboxylic acids is 1. The van der Waals surface area contributed by atoms with Crippen LogP contribution in [-0.4, -0.2) is 25.8 Å². The molecule has 1 amide bonds. The quantitative estimate of drug-likeness (QED) is 0.475. The van der Waals surface area contributed by atoms with E-state index in [1.165, 1.54) is 41.2 Å². The lowest BCUT2D eigenvalue weighted by molar-refractivity contribution is 0.102. The first-order valence-corrected chi connectivity index (χ1v) is 8.58. The number of pyridine rings is 1. The van der Waals surface area contributed by atoms with E-state index in [9.17, 15) is 23.5 Å². The van der Waals surface area contributed by atoms with Crippen LogP contribution in [-0.2, 0) is 0 Å². The van der Waals surface area contributed by atoms with Gasteiger partial charge < -0.3 is 15.4 Å². The van der Waals surface area contributed by atoms with Crippen molar-refractivity contribution in [2.24, 2.45) is 0 Å². The average Bonchev–Trinajstić information content (AvgIpc) is 3.08. The molecule has 0 saturated carbocycles. The number of nitrogens with one attached hydrogen (secondary N) is 2. The Morgan fingerprint density at radius 1 is 1.14 bits per heavy atom. The molecule has 2 aromatic heterocycles. The molecule has 0 unspecified atom stereocenters. The van der Waals surface area contributed by atoms with Crippen LogP contribution in [0.25, 0.3) is 16.7 Å². The fourth-order valence-electron chi connectivity index (χ4n) is 2.82. The molecule has 2 heterocycles. The number of hydrogen-bond acceptors (Lipinski definition) is 4. The molecule has 0 radical (unpaired) electrons. The highest BCUT2D eigenvalue weighted by Gasteiger charge is 2.22. The van der Waals surface area contributed by atoms with Crippen molar-refractivity contribution < 1.29 is 18.7 Å². The van der Waals surface area contributed by atoms with Crippen LogP contribution in [0.4, 0.5) is 14.5 Å². The van der Waals surface area contributed by atoms with E-state index in [2.05, 4.69) is 15.4 Å². The molecule has 0 spiro atoms. The van der Waals surface area contributed by atoms with Gasteiger partial charge in [-0.2, -0.15) is 5.10 Å². The molecule has 3 N–H and O–H groups in total. The lowest BCUT2D eigenvalue weighted by Gasteiger charge is -2.09. The first-order valence-electron chi connectivity index (χ1n) is 8.20. The number of benzene rings is 2. The fourth-order valence-corrected chi connectivity index (χ4v) is 3.03. The normalized spacial score (nSPS) is 11.0. The molecule has 0 aliphatic carbocycles. The first-order chi connectivity index (χ1) is 13.8. The zero-order valence-electron chi connectivity index (χ0n) is 14.4. The number of rotatable bonds is 3. The summed E-state index contributed by atoms with van der Waals surface area (Å²) in [5.41, 5.74) is -0.813. The second-order valence-corrected chi connectivity index (χ2v) is 6.46. The predicted molar refractivity (Wildman–Crippen MR) is 103 cm³/mol. The van der Waals surface area contributed by atoms with E-state index in [4.69, 9.17) is 11.6 Å². The lowest BCUT2D eigenvalue weighted by Crippen LogP contribution is -2.24. The minimum atomic E-state index is -0.936. The van der Waals surface area contributed by atoms with Crippen LogP contribution >= 0.6 is 11.6 Å². The maximum absolute atomic E-state index is 13.2. The molecule has 7 nitrogen and oxygen atoms in total. The molecular weight excluding hydrogens is 406 g/mol. The molecule has 0 fully saturated rings. The Labute approximate surface area is 166 Å². The van der Waals surface area contributed by atoms with Gasteiger partial charge in [0.2, 0.25) is 0 Å². The highest BCUT2D eigenvalue weighted by Crippen LogP contribution is 2.28. The van der Waals surface area contributed by atoms with E-state index in [0.29, 0.717) is 5.69 Å². The van der Waals surface area contributed by atoms with Crippen LogP contribution in [0.15, 0.2) is 53.5 Å². The maximum Gasteiger partial charge on any atom is 0.266 e. The number of hydrogen-bond donors (Lipinski definition) is 3. The number of H-pyrrole nitrogens is 1. The van der Waals surface area contributed by atoms with Gasteiger partial charge in [0.25, 0.3) is 11.5 Å². The molecule has 0 aliphatic heterocycles. The number of nitrogens with zero attached hydrogens (tertiary/aromatic N) is 2. The Morgan fingerprint density at radius 2 is 1.83 bits per heavy atom. The van der Waals surface area contributed by atoms with E-state index in [0.717, 1.165) is 12.1 Å². The topological polar surface area (TPSA) is 100 Å². The van der Waals surface area contributed by atoms with Gasteiger partial charge in [-0.1, -0.05) is 11.6 Å². The predicted octanol–water partition coefficient (Wildman–Crippen LogP) is 3.60. The number of fused-ring (bicyclic) bond motifs is 1. The number of aromatic amines is 1. The molecule has 0 bridgehead atoms. The number of carbonyl (C=O) groups is 1. The third-order valence-corrected chi connectivity index (χ3v) is 4.51.